The molecule has 0 bridgehead atoms. The molecule has 29 heavy (non-hydrogen) atoms. The van der Waals surface area contributed by atoms with Crippen LogP contribution in [0.4, 0.5) is 0 Å². The van der Waals surface area contributed by atoms with Gasteiger partial charge in [0.25, 0.3) is 0 Å². The molecule has 0 saturated carbocycles. The van der Waals surface area contributed by atoms with E-state index in [1.165, 1.54) is 4.31 Å². The first-order valence-electron chi connectivity index (χ1n) is 9.93. The first-order chi connectivity index (χ1) is 13.9. The number of nitrogens with zero attached hydrogens (tertiary/aromatic N) is 1. The van der Waals surface area contributed by atoms with Crippen LogP contribution in [-0.2, 0) is 26.7 Å². The van der Waals surface area contributed by atoms with Crippen LogP contribution in [0.2, 0.25) is 5.02 Å². The summed E-state index contributed by atoms with van der Waals surface area (Å²) in [5.74, 6) is 0.0382. The number of piperidine rings is 1. The number of hydrogen-bond donors (Lipinski definition) is 1. The molecule has 156 valence electrons. The van der Waals surface area contributed by atoms with Crippen molar-refractivity contribution >= 4 is 27.5 Å². The Morgan fingerprint density at radius 1 is 1.10 bits per heavy atom. The third kappa shape index (κ3) is 5.00. The van der Waals surface area contributed by atoms with Crippen molar-refractivity contribution in [3.63, 3.8) is 0 Å². The predicted molar refractivity (Wildman–Crippen MR) is 117 cm³/mol. The molecule has 1 aliphatic rings. The van der Waals surface area contributed by atoms with Gasteiger partial charge in [0.05, 0.1) is 11.2 Å². The summed E-state index contributed by atoms with van der Waals surface area (Å²) in [5, 5.41) is 3.76. The highest BCUT2D eigenvalue weighted by molar-refractivity contribution is 7.89. The highest BCUT2D eigenvalue weighted by Crippen LogP contribution is 2.36. The van der Waals surface area contributed by atoms with E-state index >= 15 is 0 Å². The third-order valence-electron chi connectivity index (χ3n) is 5.68. The summed E-state index contributed by atoms with van der Waals surface area (Å²) in [6.45, 7) is 2.86. The number of carbonyl (C=O) groups excluding carboxylic acids is 1. The Morgan fingerprint density at radius 2 is 1.79 bits per heavy atom. The van der Waals surface area contributed by atoms with Gasteiger partial charge in [-0.1, -0.05) is 54.1 Å². The monoisotopic (exact) mass is 434 g/mol. The van der Waals surface area contributed by atoms with E-state index in [2.05, 4.69) is 5.32 Å². The average molecular weight is 435 g/mol. The van der Waals surface area contributed by atoms with Gasteiger partial charge in [0.2, 0.25) is 15.9 Å². The van der Waals surface area contributed by atoms with E-state index in [0.717, 1.165) is 11.1 Å². The minimum atomic E-state index is -3.25. The summed E-state index contributed by atoms with van der Waals surface area (Å²) in [4.78, 5) is 13.3. The second-order valence-electron chi connectivity index (χ2n) is 7.38. The van der Waals surface area contributed by atoms with E-state index in [0.29, 0.717) is 43.9 Å². The summed E-state index contributed by atoms with van der Waals surface area (Å²) in [5.41, 5.74) is 1.29. The maximum atomic E-state index is 13.3. The topological polar surface area (TPSA) is 66.5 Å². The molecule has 0 aliphatic carbocycles. The van der Waals surface area contributed by atoms with Crippen LogP contribution in [0.3, 0.4) is 0 Å². The molecule has 0 spiro atoms. The molecule has 0 aromatic heterocycles. The molecule has 1 fully saturated rings. The molecule has 1 amide bonds. The molecule has 0 unspecified atom stereocenters. The van der Waals surface area contributed by atoms with Gasteiger partial charge >= 0.3 is 0 Å². The van der Waals surface area contributed by atoms with Crippen LogP contribution in [0.5, 0.6) is 0 Å². The Kier molecular flexibility index (Phi) is 6.98. The number of hydrogen-bond acceptors (Lipinski definition) is 3. The van der Waals surface area contributed by atoms with E-state index in [1.54, 1.807) is 6.92 Å². The average Bonchev–Trinajstić information content (AvgIpc) is 2.74. The molecule has 2 aromatic carbocycles. The molecular formula is C22H27ClN2O3S. The molecule has 7 heteroatoms. The number of sulfonamides is 1. The first kappa shape index (κ1) is 21.8. The molecule has 1 aliphatic heterocycles. The van der Waals surface area contributed by atoms with Crippen molar-refractivity contribution in [1.82, 2.24) is 9.62 Å². The lowest BCUT2D eigenvalue weighted by Crippen LogP contribution is -2.53. The zero-order valence-electron chi connectivity index (χ0n) is 16.6. The maximum absolute atomic E-state index is 13.3. The van der Waals surface area contributed by atoms with Gasteiger partial charge in [-0.25, -0.2) is 12.7 Å². The zero-order valence-corrected chi connectivity index (χ0v) is 18.2. The fraction of sp³-hybridized carbons (Fsp3) is 0.409. The van der Waals surface area contributed by atoms with E-state index in [-0.39, 0.29) is 11.7 Å². The number of rotatable bonds is 7. The smallest absolute Gasteiger partial charge is 0.230 e. The fourth-order valence-electron chi connectivity index (χ4n) is 3.91. The molecule has 1 saturated heterocycles. The second kappa shape index (κ2) is 9.28. The van der Waals surface area contributed by atoms with Crippen LogP contribution in [0.25, 0.3) is 0 Å². The Labute approximate surface area is 178 Å². The lowest BCUT2D eigenvalue weighted by atomic mass is 9.72. The van der Waals surface area contributed by atoms with Gasteiger partial charge in [-0.3, -0.25) is 4.79 Å². The third-order valence-corrected chi connectivity index (χ3v) is 7.80. The fourth-order valence-corrected chi connectivity index (χ4v) is 5.23. The summed E-state index contributed by atoms with van der Waals surface area (Å²) >= 11 is 6.03. The van der Waals surface area contributed by atoms with Crippen molar-refractivity contribution in [3.8, 4) is 0 Å². The lowest BCUT2D eigenvalue weighted by Gasteiger charge is -2.40. The van der Waals surface area contributed by atoms with E-state index < -0.39 is 15.4 Å². The van der Waals surface area contributed by atoms with E-state index in [4.69, 9.17) is 11.6 Å². The van der Waals surface area contributed by atoms with Gasteiger partial charge in [0, 0.05) is 24.7 Å². The molecule has 2 aromatic rings. The number of carbonyl (C=O) groups is 1. The standard InChI is InChI=1S/C22H27ClN2O3S/c1-2-29(27,28)25-15-12-22(13-16-25,19-8-4-3-5-9-19)21(26)24-14-11-18-7-6-10-20(23)17-18/h3-10,17H,2,11-16H2,1H3,(H,24,26). The molecule has 1 N–H and O–H groups in total. The Balaban J connectivity index is 1.73. The van der Waals surface area contributed by atoms with Crippen molar-refractivity contribution in [2.75, 3.05) is 25.4 Å². The zero-order chi connectivity index (χ0) is 20.9. The number of nitrogens with one attached hydrogen (secondary N) is 1. The minimum Gasteiger partial charge on any atom is -0.355 e. The Bertz CT molecular complexity index is 940. The summed E-state index contributed by atoms with van der Waals surface area (Å²) in [6.07, 6.45) is 1.63. The van der Waals surface area contributed by atoms with Crippen molar-refractivity contribution in [2.24, 2.45) is 0 Å². The highest BCUT2D eigenvalue weighted by atomic mass is 35.5. The Hall–Kier alpha value is -1.89. The van der Waals surface area contributed by atoms with E-state index in [9.17, 15) is 13.2 Å². The van der Waals surface area contributed by atoms with Crippen molar-refractivity contribution < 1.29 is 13.2 Å². The summed E-state index contributed by atoms with van der Waals surface area (Å²) in [6, 6.07) is 17.3. The van der Waals surface area contributed by atoms with Crippen molar-refractivity contribution in [1.29, 1.82) is 0 Å². The van der Waals surface area contributed by atoms with Crippen LogP contribution in [0.1, 0.15) is 30.9 Å². The molecular weight excluding hydrogens is 408 g/mol. The highest BCUT2D eigenvalue weighted by Gasteiger charge is 2.44. The van der Waals surface area contributed by atoms with E-state index in [1.807, 2.05) is 54.6 Å². The number of benzene rings is 2. The van der Waals surface area contributed by atoms with Crippen LogP contribution in [-0.4, -0.2) is 44.0 Å². The largest absolute Gasteiger partial charge is 0.355 e. The van der Waals surface area contributed by atoms with Gasteiger partial charge in [-0.15, -0.1) is 0 Å². The molecule has 0 atom stereocenters. The van der Waals surface area contributed by atoms with Crippen LogP contribution < -0.4 is 5.32 Å². The van der Waals surface area contributed by atoms with Crippen LogP contribution in [0, 0.1) is 0 Å². The van der Waals surface area contributed by atoms with Crippen LogP contribution in [0.15, 0.2) is 54.6 Å². The van der Waals surface area contributed by atoms with Gasteiger partial charge < -0.3 is 5.32 Å². The Morgan fingerprint density at radius 3 is 2.41 bits per heavy atom. The summed E-state index contributed by atoms with van der Waals surface area (Å²) in [7, 11) is -3.25. The SMILES string of the molecule is CCS(=O)(=O)N1CCC(C(=O)NCCc2cccc(Cl)c2)(c2ccccc2)CC1. The molecule has 1 heterocycles. The van der Waals surface area contributed by atoms with Crippen molar-refractivity contribution in [3.05, 3.63) is 70.7 Å². The van der Waals surface area contributed by atoms with Gasteiger partial charge in [-0.2, -0.15) is 0 Å². The first-order valence-corrected chi connectivity index (χ1v) is 11.9. The second-order valence-corrected chi connectivity index (χ2v) is 10.1. The quantitative estimate of drug-likeness (QED) is 0.726. The number of amides is 1. The molecule has 5 nitrogen and oxygen atoms in total. The van der Waals surface area contributed by atoms with Gasteiger partial charge in [0.15, 0.2) is 0 Å². The molecule has 0 radical (unpaired) electrons. The summed E-state index contributed by atoms with van der Waals surface area (Å²) < 4.78 is 26.0. The van der Waals surface area contributed by atoms with Crippen molar-refractivity contribution in [2.45, 2.75) is 31.6 Å². The normalized spacial score (nSPS) is 17.0. The maximum Gasteiger partial charge on any atom is 0.230 e. The molecule has 3 rings (SSSR count). The van der Waals surface area contributed by atoms with Crippen LogP contribution >= 0.6 is 11.6 Å². The predicted octanol–water partition coefficient (Wildman–Crippen LogP) is 3.38. The van der Waals surface area contributed by atoms with Gasteiger partial charge in [-0.05, 0) is 49.4 Å². The van der Waals surface area contributed by atoms with Gasteiger partial charge in [0.1, 0.15) is 0 Å². The number of halogens is 1. The minimum absolute atomic E-state index is 0.0423. The lowest BCUT2D eigenvalue weighted by molar-refractivity contribution is -0.128.